The lowest BCUT2D eigenvalue weighted by Crippen LogP contribution is -2.38. The summed E-state index contributed by atoms with van der Waals surface area (Å²) in [6.07, 6.45) is 1.63. The molecule has 0 aromatic heterocycles. The van der Waals surface area contributed by atoms with Crippen molar-refractivity contribution in [3.63, 3.8) is 0 Å². The number of ether oxygens (including phenoxy) is 1. The summed E-state index contributed by atoms with van der Waals surface area (Å²) in [6, 6.07) is 5.04. The van der Waals surface area contributed by atoms with Crippen LogP contribution in [0, 0.1) is 6.92 Å². The zero-order chi connectivity index (χ0) is 15.2. The van der Waals surface area contributed by atoms with Crippen molar-refractivity contribution in [3.8, 4) is 0 Å². The van der Waals surface area contributed by atoms with Gasteiger partial charge in [0.25, 0.3) is 0 Å². The van der Waals surface area contributed by atoms with E-state index in [9.17, 15) is 8.42 Å². The molecule has 5 nitrogen and oxygen atoms in total. The van der Waals surface area contributed by atoms with E-state index in [0.717, 1.165) is 18.4 Å². The Hall–Kier alpha value is -0.950. The molecular formula is C14H24N2O3S. The number of aryl methyl sites for hydroxylation is 1. The van der Waals surface area contributed by atoms with E-state index in [1.54, 1.807) is 26.2 Å². The number of nitrogens with two attached hydrogens (primary N) is 1. The first-order valence-electron chi connectivity index (χ1n) is 6.75. The summed E-state index contributed by atoms with van der Waals surface area (Å²) in [4.78, 5) is 0.289. The monoisotopic (exact) mass is 300 g/mol. The van der Waals surface area contributed by atoms with Gasteiger partial charge in [-0.15, -0.1) is 0 Å². The minimum absolute atomic E-state index is 0.212. The molecule has 6 heteroatoms. The van der Waals surface area contributed by atoms with Crippen LogP contribution in [-0.2, 0) is 21.3 Å². The van der Waals surface area contributed by atoms with Crippen LogP contribution in [0.5, 0.6) is 0 Å². The molecule has 1 atom stereocenters. The van der Waals surface area contributed by atoms with Crippen molar-refractivity contribution in [2.24, 2.45) is 5.73 Å². The smallest absolute Gasteiger partial charge is 0.241 e. The van der Waals surface area contributed by atoms with Crippen molar-refractivity contribution in [2.45, 2.75) is 44.2 Å². The zero-order valence-electron chi connectivity index (χ0n) is 12.3. The van der Waals surface area contributed by atoms with E-state index in [4.69, 9.17) is 10.5 Å². The van der Waals surface area contributed by atoms with Crippen LogP contribution >= 0.6 is 0 Å². The van der Waals surface area contributed by atoms with Gasteiger partial charge in [0, 0.05) is 19.7 Å². The molecule has 0 bridgehead atoms. The maximum atomic E-state index is 12.5. The highest BCUT2D eigenvalue weighted by atomic mass is 32.2. The van der Waals surface area contributed by atoms with Gasteiger partial charge in [-0.2, -0.15) is 0 Å². The zero-order valence-corrected chi connectivity index (χ0v) is 13.2. The summed E-state index contributed by atoms with van der Waals surface area (Å²) in [5.74, 6) is 0. The molecule has 0 heterocycles. The van der Waals surface area contributed by atoms with Crippen molar-refractivity contribution in [2.75, 3.05) is 13.7 Å². The number of hydrogen-bond acceptors (Lipinski definition) is 4. The standard InChI is InChI=1S/C14H24N2O3S/c1-4-5-13(10-19-3)16-20(17,18)14-8-12(9-15)7-6-11(14)2/h6-8,13,16H,4-5,9-10,15H2,1-3H3. The van der Waals surface area contributed by atoms with Crippen molar-refractivity contribution < 1.29 is 13.2 Å². The number of sulfonamides is 1. The fourth-order valence-corrected chi connectivity index (χ4v) is 3.62. The number of hydrogen-bond donors (Lipinski definition) is 2. The van der Waals surface area contributed by atoms with Crippen LogP contribution < -0.4 is 10.5 Å². The fourth-order valence-electron chi connectivity index (χ4n) is 2.07. The van der Waals surface area contributed by atoms with Gasteiger partial charge >= 0.3 is 0 Å². The molecule has 0 aliphatic rings. The molecular weight excluding hydrogens is 276 g/mol. The summed E-state index contributed by atoms with van der Waals surface area (Å²) in [5, 5.41) is 0. The van der Waals surface area contributed by atoms with Gasteiger partial charge in [0.2, 0.25) is 10.0 Å². The van der Waals surface area contributed by atoms with Gasteiger partial charge in [0.05, 0.1) is 11.5 Å². The first-order valence-corrected chi connectivity index (χ1v) is 8.23. The van der Waals surface area contributed by atoms with Gasteiger partial charge in [0.1, 0.15) is 0 Å². The molecule has 3 N–H and O–H groups in total. The minimum atomic E-state index is -3.55. The molecule has 0 saturated heterocycles. The Morgan fingerprint density at radius 1 is 1.40 bits per heavy atom. The summed E-state index contributed by atoms with van der Waals surface area (Å²) in [5.41, 5.74) is 7.08. The summed E-state index contributed by atoms with van der Waals surface area (Å²) in [7, 11) is -1.99. The van der Waals surface area contributed by atoms with Crippen LogP contribution in [-0.4, -0.2) is 28.2 Å². The van der Waals surface area contributed by atoms with Gasteiger partial charge in [-0.3, -0.25) is 0 Å². The molecule has 1 unspecified atom stereocenters. The number of benzene rings is 1. The van der Waals surface area contributed by atoms with Crippen LogP contribution in [0.1, 0.15) is 30.9 Å². The van der Waals surface area contributed by atoms with Crippen molar-refractivity contribution in [3.05, 3.63) is 29.3 Å². The predicted octanol–water partition coefficient (Wildman–Crippen LogP) is 1.55. The van der Waals surface area contributed by atoms with Crippen LogP contribution in [0.3, 0.4) is 0 Å². The second-order valence-corrected chi connectivity index (χ2v) is 6.55. The Balaban J connectivity index is 3.03. The van der Waals surface area contributed by atoms with Crippen LogP contribution in [0.2, 0.25) is 0 Å². The first-order chi connectivity index (χ1) is 9.44. The molecule has 0 amide bonds. The maximum absolute atomic E-state index is 12.5. The number of methoxy groups -OCH3 is 1. The van der Waals surface area contributed by atoms with E-state index in [-0.39, 0.29) is 10.9 Å². The highest BCUT2D eigenvalue weighted by molar-refractivity contribution is 7.89. The van der Waals surface area contributed by atoms with Crippen molar-refractivity contribution in [1.29, 1.82) is 0 Å². The Morgan fingerprint density at radius 3 is 2.65 bits per heavy atom. The van der Waals surface area contributed by atoms with E-state index in [1.807, 2.05) is 13.0 Å². The molecule has 1 rings (SSSR count). The predicted molar refractivity (Wildman–Crippen MR) is 80.0 cm³/mol. The first kappa shape index (κ1) is 17.1. The molecule has 0 saturated carbocycles. The van der Waals surface area contributed by atoms with Crippen molar-refractivity contribution in [1.82, 2.24) is 4.72 Å². The second-order valence-electron chi connectivity index (χ2n) is 4.87. The van der Waals surface area contributed by atoms with E-state index >= 15 is 0 Å². The third-order valence-corrected chi connectivity index (χ3v) is 4.77. The second kappa shape index (κ2) is 7.73. The molecule has 114 valence electrons. The lowest BCUT2D eigenvalue weighted by Gasteiger charge is -2.18. The Kier molecular flexibility index (Phi) is 6.61. The molecule has 20 heavy (non-hydrogen) atoms. The minimum Gasteiger partial charge on any atom is -0.383 e. The topological polar surface area (TPSA) is 81.4 Å². The Labute approximate surface area is 121 Å². The van der Waals surface area contributed by atoms with E-state index in [0.29, 0.717) is 18.7 Å². The summed E-state index contributed by atoms with van der Waals surface area (Å²) >= 11 is 0. The van der Waals surface area contributed by atoms with Gasteiger partial charge in [-0.1, -0.05) is 25.5 Å². The molecule has 0 spiro atoms. The highest BCUT2D eigenvalue weighted by Crippen LogP contribution is 2.18. The van der Waals surface area contributed by atoms with Gasteiger partial charge in [-0.25, -0.2) is 13.1 Å². The van der Waals surface area contributed by atoms with Crippen LogP contribution in [0.4, 0.5) is 0 Å². The lowest BCUT2D eigenvalue weighted by molar-refractivity contribution is 0.171. The SMILES string of the molecule is CCCC(COC)NS(=O)(=O)c1cc(CN)ccc1C. The van der Waals surface area contributed by atoms with Gasteiger partial charge in [-0.05, 0) is 30.5 Å². The molecule has 0 aliphatic carbocycles. The molecule has 0 fully saturated rings. The van der Waals surface area contributed by atoms with Gasteiger partial charge < -0.3 is 10.5 Å². The van der Waals surface area contributed by atoms with Crippen LogP contribution in [0.15, 0.2) is 23.1 Å². The lowest BCUT2D eigenvalue weighted by atomic mass is 10.1. The quantitative estimate of drug-likeness (QED) is 0.763. The maximum Gasteiger partial charge on any atom is 0.241 e. The number of rotatable bonds is 8. The Bertz CT molecular complexity index is 523. The fraction of sp³-hybridized carbons (Fsp3) is 0.571. The molecule has 0 radical (unpaired) electrons. The summed E-state index contributed by atoms with van der Waals surface area (Å²) < 4.78 is 32.7. The number of nitrogens with one attached hydrogen (secondary N) is 1. The largest absolute Gasteiger partial charge is 0.383 e. The third kappa shape index (κ3) is 4.56. The van der Waals surface area contributed by atoms with E-state index < -0.39 is 10.0 Å². The van der Waals surface area contributed by atoms with Crippen molar-refractivity contribution >= 4 is 10.0 Å². The summed E-state index contributed by atoms with van der Waals surface area (Å²) in [6.45, 7) is 4.47. The Morgan fingerprint density at radius 2 is 2.10 bits per heavy atom. The third-order valence-electron chi connectivity index (χ3n) is 3.10. The normalized spacial score (nSPS) is 13.4. The molecule has 1 aromatic rings. The highest BCUT2D eigenvalue weighted by Gasteiger charge is 2.21. The molecule has 1 aromatic carbocycles. The average Bonchev–Trinajstić information content (AvgIpc) is 2.39. The molecule has 0 aliphatic heterocycles. The van der Waals surface area contributed by atoms with Crippen LogP contribution in [0.25, 0.3) is 0 Å². The average molecular weight is 300 g/mol. The van der Waals surface area contributed by atoms with E-state index in [1.165, 1.54) is 0 Å². The van der Waals surface area contributed by atoms with E-state index in [2.05, 4.69) is 4.72 Å². The van der Waals surface area contributed by atoms with Gasteiger partial charge in [0.15, 0.2) is 0 Å².